The number of hydrogen-bond acceptors (Lipinski definition) is 5. The van der Waals surface area contributed by atoms with Crippen LogP contribution in [-0.2, 0) is 4.79 Å². The van der Waals surface area contributed by atoms with Crippen molar-refractivity contribution in [3.05, 3.63) is 0 Å². The maximum atomic E-state index is 13.3. The van der Waals surface area contributed by atoms with Gasteiger partial charge in [-0.05, 0) is 90.8 Å². The molecule has 0 aromatic heterocycles. The first-order valence-corrected chi connectivity index (χ1v) is 13.6. The number of carbonyl (C=O) groups is 1. The van der Waals surface area contributed by atoms with Gasteiger partial charge < -0.3 is 20.4 Å². The van der Waals surface area contributed by atoms with Crippen molar-refractivity contribution in [1.29, 1.82) is 0 Å². The Bertz CT molecular complexity index is 738. The quantitative estimate of drug-likeness (QED) is 0.496. The number of aliphatic hydroxyl groups is 4. The number of hydrogen-bond donors (Lipinski definition) is 4. The molecule has 33 heavy (non-hydrogen) atoms. The molecule has 190 valence electrons. The zero-order valence-electron chi connectivity index (χ0n) is 21.6. The van der Waals surface area contributed by atoms with Crippen molar-refractivity contribution in [3.63, 3.8) is 0 Å². The Kier molecular flexibility index (Phi) is 6.88. The molecule has 4 saturated carbocycles. The largest absolute Gasteiger partial charge is 0.390 e. The molecule has 5 heteroatoms. The average molecular weight is 465 g/mol. The third kappa shape index (κ3) is 3.93. The molecule has 4 N–H and O–H groups in total. The number of carbonyl (C=O) groups excluding carboxylic acids is 1. The lowest BCUT2D eigenvalue weighted by Gasteiger charge is -2.61. The Balaban J connectivity index is 1.56. The summed E-state index contributed by atoms with van der Waals surface area (Å²) in [5, 5.41) is 42.8. The Hall–Kier alpha value is -0.490. The normalized spacial score (nSPS) is 49.1. The lowest BCUT2D eigenvalue weighted by atomic mass is 9.44. The van der Waals surface area contributed by atoms with E-state index >= 15 is 0 Å². The predicted octanol–water partition coefficient (Wildman–Crippen LogP) is 3.81. The van der Waals surface area contributed by atoms with E-state index in [0.717, 1.165) is 25.7 Å². The molecule has 0 radical (unpaired) electrons. The van der Waals surface area contributed by atoms with Crippen LogP contribution >= 0.6 is 0 Å². The molecule has 0 spiro atoms. The van der Waals surface area contributed by atoms with Crippen LogP contribution in [0.5, 0.6) is 0 Å². The monoisotopic (exact) mass is 464 g/mol. The summed E-state index contributed by atoms with van der Waals surface area (Å²) in [5.41, 5.74) is -0.162. The molecule has 0 aromatic carbocycles. The molecule has 0 saturated heterocycles. The van der Waals surface area contributed by atoms with Gasteiger partial charge in [-0.1, -0.05) is 41.5 Å². The third-order valence-corrected chi connectivity index (χ3v) is 11.7. The smallest absolute Gasteiger partial charge is 0.136 e. The van der Waals surface area contributed by atoms with E-state index in [1.54, 1.807) is 0 Å². The first kappa shape index (κ1) is 25.6. The van der Waals surface area contributed by atoms with Crippen LogP contribution < -0.4 is 0 Å². The SMILES string of the molecule is CC(C)[C@H](C)[C@@H](O)[C@H](O)[C@@H](C)[C@H]1CC[C@H]2[C@@H]3CC(=O)[C@H]4C[C@H](O)[C@H](O)C[C@]4(C)[C@@H]3CC[C@]12C. The zero-order chi connectivity index (χ0) is 24.5. The molecule has 0 aromatic rings. The zero-order valence-corrected chi connectivity index (χ0v) is 21.6. The Morgan fingerprint density at radius 2 is 1.52 bits per heavy atom. The van der Waals surface area contributed by atoms with Crippen molar-refractivity contribution < 1.29 is 25.2 Å². The Labute approximate surface area is 200 Å². The Morgan fingerprint density at radius 1 is 0.879 bits per heavy atom. The summed E-state index contributed by atoms with van der Waals surface area (Å²) in [6.07, 6.45) is 2.80. The highest BCUT2D eigenvalue weighted by Gasteiger charge is 2.63. The van der Waals surface area contributed by atoms with Gasteiger partial charge in [0.2, 0.25) is 0 Å². The van der Waals surface area contributed by atoms with Crippen molar-refractivity contribution >= 4 is 5.78 Å². The maximum absolute atomic E-state index is 13.3. The average Bonchev–Trinajstić information content (AvgIpc) is 3.10. The highest BCUT2D eigenvalue weighted by Crippen LogP contribution is 2.67. The molecular formula is C28H48O5. The minimum atomic E-state index is -0.782. The molecule has 4 aliphatic carbocycles. The fourth-order valence-corrected chi connectivity index (χ4v) is 9.23. The summed E-state index contributed by atoms with van der Waals surface area (Å²) >= 11 is 0. The number of aliphatic hydroxyl groups excluding tert-OH is 4. The van der Waals surface area contributed by atoms with Crippen molar-refractivity contribution in [1.82, 2.24) is 0 Å². The topological polar surface area (TPSA) is 98.0 Å². The summed E-state index contributed by atoms with van der Waals surface area (Å²) in [6, 6.07) is 0. The first-order valence-electron chi connectivity index (χ1n) is 13.6. The molecule has 13 atom stereocenters. The molecule has 4 fully saturated rings. The second-order valence-electron chi connectivity index (χ2n) is 13.4. The van der Waals surface area contributed by atoms with Gasteiger partial charge in [-0.15, -0.1) is 0 Å². The number of rotatable bonds is 5. The van der Waals surface area contributed by atoms with Crippen molar-refractivity contribution in [2.75, 3.05) is 0 Å². The van der Waals surface area contributed by atoms with Gasteiger partial charge in [0.05, 0.1) is 24.4 Å². The van der Waals surface area contributed by atoms with Crippen LogP contribution in [0.1, 0.15) is 86.5 Å². The van der Waals surface area contributed by atoms with Gasteiger partial charge in [-0.25, -0.2) is 0 Å². The van der Waals surface area contributed by atoms with Crippen LogP contribution in [0.4, 0.5) is 0 Å². The number of fused-ring (bicyclic) bond motifs is 5. The molecular weight excluding hydrogens is 416 g/mol. The van der Waals surface area contributed by atoms with E-state index in [0.29, 0.717) is 48.9 Å². The molecule has 0 unspecified atom stereocenters. The van der Waals surface area contributed by atoms with E-state index in [-0.39, 0.29) is 34.4 Å². The second-order valence-corrected chi connectivity index (χ2v) is 13.4. The van der Waals surface area contributed by atoms with Crippen LogP contribution in [0.3, 0.4) is 0 Å². The van der Waals surface area contributed by atoms with E-state index in [1.807, 2.05) is 6.92 Å². The fraction of sp³-hybridized carbons (Fsp3) is 0.964. The summed E-state index contributed by atoms with van der Waals surface area (Å²) in [6.45, 7) is 12.9. The van der Waals surface area contributed by atoms with Crippen LogP contribution in [-0.4, -0.2) is 50.6 Å². The van der Waals surface area contributed by atoms with Gasteiger partial charge in [0.25, 0.3) is 0 Å². The minimum Gasteiger partial charge on any atom is -0.390 e. The minimum absolute atomic E-state index is 0.0158. The van der Waals surface area contributed by atoms with E-state index in [9.17, 15) is 25.2 Å². The summed E-state index contributed by atoms with van der Waals surface area (Å²) < 4.78 is 0. The lowest BCUT2D eigenvalue weighted by Crippen LogP contribution is -2.59. The highest BCUT2D eigenvalue weighted by atomic mass is 16.3. The molecule has 0 heterocycles. The standard InChI is InChI=1S/C28H48O5/c1-14(2)15(3)25(32)26(33)16(4)18-7-8-19-17-11-22(29)21-12-23(30)24(31)13-28(21,6)20(17)9-10-27(18,19)5/h14-21,23-26,30-33H,7-13H2,1-6H3/t15-,16-,17-,18+,19-,20+,21+,23-,24+,25+,26+,27+,28+/m0/s1. The number of Topliss-reactive ketones (excluding diaryl/α,β-unsaturated/α-hetero) is 1. The third-order valence-electron chi connectivity index (χ3n) is 11.7. The predicted molar refractivity (Wildman–Crippen MR) is 128 cm³/mol. The summed E-state index contributed by atoms with van der Waals surface area (Å²) in [7, 11) is 0. The van der Waals surface area contributed by atoms with Crippen molar-refractivity contribution in [2.24, 2.45) is 58.2 Å². The van der Waals surface area contributed by atoms with Crippen molar-refractivity contribution in [3.8, 4) is 0 Å². The van der Waals surface area contributed by atoms with E-state index in [4.69, 9.17) is 0 Å². The lowest BCUT2D eigenvalue weighted by molar-refractivity contribution is -0.175. The van der Waals surface area contributed by atoms with Gasteiger partial charge in [0.1, 0.15) is 5.78 Å². The molecule has 0 aliphatic heterocycles. The maximum Gasteiger partial charge on any atom is 0.136 e. The van der Waals surface area contributed by atoms with Crippen molar-refractivity contribution in [2.45, 2.75) is 111 Å². The van der Waals surface area contributed by atoms with Crippen LogP contribution in [0, 0.1) is 58.2 Å². The van der Waals surface area contributed by atoms with Gasteiger partial charge in [-0.2, -0.15) is 0 Å². The van der Waals surface area contributed by atoms with Gasteiger partial charge in [0, 0.05) is 12.3 Å². The number of ketones is 1. The summed E-state index contributed by atoms with van der Waals surface area (Å²) in [4.78, 5) is 13.3. The fourth-order valence-electron chi connectivity index (χ4n) is 9.23. The van der Waals surface area contributed by atoms with Gasteiger partial charge >= 0.3 is 0 Å². The van der Waals surface area contributed by atoms with Crippen LogP contribution in [0.2, 0.25) is 0 Å². The molecule has 0 amide bonds. The second kappa shape index (κ2) is 8.87. The van der Waals surface area contributed by atoms with E-state index in [1.165, 1.54) is 0 Å². The van der Waals surface area contributed by atoms with Gasteiger partial charge in [0.15, 0.2) is 0 Å². The van der Waals surface area contributed by atoms with Crippen LogP contribution in [0.15, 0.2) is 0 Å². The Morgan fingerprint density at radius 3 is 2.15 bits per heavy atom. The molecule has 4 aliphatic rings. The highest BCUT2D eigenvalue weighted by molar-refractivity contribution is 5.83. The van der Waals surface area contributed by atoms with E-state index < -0.39 is 24.4 Å². The van der Waals surface area contributed by atoms with E-state index in [2.05, 4.69) is 34.6 Å². The molecule has 0 bridgehead atoms. The summed E-state index contributed by atoms with van der Waals surface area (Å²) in [5.74, 6) is 2.05. The molecule has 5 nitrogen and oxygen atoms in total. The van der Waals surface area contributed by atoms with Gasteiger partial charge in [-0.3, -0.25) is 4.79 Å². The molecule has 4 rings (SSSR count). The van der Waals surface area contributed by atoms with Crippen LogP contribution in [0.25, 0.3) is 0 Å². The first-order chi connectivity index (χ1) is 15.3.